The predicted octanol–water partition coefficient (Wildman–Crippen LogP) is 3.59. The van der Waals surface area contributed by atoms with Crippen molar-refractivity contribution in [2.45, 2.75) is 13.0 Å². The van der Waals surface area contributed by atoms with Gasteiger partial charge in [0.25, 0.3) is 0 Å². The van der Waals surface area contributed by atoms with Gasteiger partial charge >= 0.3 is 0 Å². The van der Waals surface area contributed by atoms with E-state index in [-0.39, 0.29) is 6.10 Å². The van der Waals surface area contributed by atoms with Crippen molar-refractivity contribution >= 4 is 16.3 Å². The van der Waals surface area contributed by atoms with Crippen molar-refractivity contribution in [3.63, 3.8) is 0 Å². The number of ether oxygens (including phenoxy) is 1. The zero-order valence-corrected chi connectivity index (χ0v) is 12.5. The molecule has 0 amide bonds. The number of aromatic nitrogens is 4. The molecule has 0 spiro atoms. The molecule has 7 heteroatoms. The van der Waals surface area contributed by atoms with Gasteiger partial charge in [0.2, 0.25) is 10.8 Å². The van der Waals surface area contributed by atoms with Gasteiger partial charge in [-0.15, -0.1) is 10.2 Å². The molecule has 3 aromatic heterocycles. The van der Waals surface area contributed by atoms with E-state index in [1.165, 1.54) is 11.3 Å². The molecule has 0 bridgehead atoms. The SMILES string of the molecule is CC(Oc1ccccc1)c1nn2c(-c3ccco3)nnc2s1. The van der Waals surface area contributed by atoms with Crippen LogP contribution in [-0.4, -0.2) is 19.8 Å². The van der Waals surface area contributed by atoms with Crippen LogP contribution in [0.2, 0.25) is 0 Å². The van der Waals surface area contributed by atoms with E-state index < -0.39 is 0 Å². The first-order valence-electron chi connectivity index (χ1n) is 6.79. The zero-order chi connectivity index (χ0) is 14.9. The van der Waals surface area contributed by atoms with Crippen molar-refractivity contribution in [1.29, 1.82) is 0 Å². The van der Waals surface area contributed by atoms with E-state index in [2.05, 4.69) is 15.3 Å². The first kappa shape index (κ1) is 13.0. The monoisotopic (exact) mass is 312 g/mol. The molecule has 0 radical (unpaired) electrons. The number of benzene rings is 1. The Morgan fingerprint density at radius 1 is 1.14 bits per heavy atom. The second-order valence-electron chi connectivity index (χ2n) is 4.71. The summed E-state index contributed by atoms with van der Waals surface area (Å²) in [6.07, 6.45) is 1.43. The molecule has 0 aliphatic rings. The van der Waals surface area contributed by atoms with Crippen LogP contribution in [0.5, 0.6) is 5.75 Å². The number of para-hydroxylation sites is 1. The van der Waals surface area contributed by atoms with Crippen LogP contribution >= 0.6 is 11.3 Å². The lowest BCUT2D eigenvalue weighted by Crippen LogP contribution is -2.03. The molecule has 22 heavy (non-hydrogen) atoms. The Hall–Kier alpha value is -2.67. The minimum atomic E-state index is -0.168. The minimum Gasteiger partial charge on any atom is -0.483 e. The van der Waals surface area contributed by atoms with Gasteiger partial charge < -0.3 is 9.15 Å². The summed E-state index contributed by atoms with van der Waals surface area (Å²) in [5, 5.41) is 13.6. The third-order valence-corrected chi connectivity index (χ3v) is 4.21. The van der Waals surface area contributed by atoms with Crippen molar-refractivity contribution in [2.75, 3.05) is 0 Å². The van der Waals surface area contributed by atoms with Crippen LogP contribution in [0.25, 0.3) is 16.5 Å². The van der Waals surface area contributed by atoms with Gasteiger partial charge in [-0.2, -0.15) is 9.61 Å². The van der Waals surface area contributed by atoms with E-state index in [9.17, 15) is 0 Å². The predicted molar refractivity (Wildman–Crippen MR) is 81.8 cm³/mol. The Balaban J connectivity index is 1.65. The summed E-state index contributed by atoms with van der Waals surface area (Å²) in [4.78, 5) is 0.713. The zero-order valence-electron chi connectivity index (χ0n) is 11.7. The van der Waals surface area contributed by atoms with Crippen LogP contribution in [0, 0.1) is 0 Å². The molecule has 4 rings (SSSR count). The molecule has 3 heterocycles. The maximum atomic E-state index is 5.89. The van der Waals surface area contributed by atoms with Crippen molar-refractivity contribution in [3.8, 4) is 17.3 Å². The second kappa shape index (κ2) is 5.27. The fraction of sp³-hybridized carbons (Fsp3) is 0.133. The van der Waals surface area contributed by atoms with Gasteiger partial charge in [-0.25, -0.2) is 0 Å². The number of furan rings is 1. The molecule has 0 saturated carbocycles. The highest BCUT2D eigenvalue weighted by atomic mass is 32.1. The highest BCUT2D eigenvalue weighted by Crippen LogP contribution is 2.27. The Morgan fingerprint density at radius 2 is 2.00 bits per heavy atom. The lowest BCUT2D eigenvalue weighted by molar-refractivity contribution is 0.225. The Kier molecular flexibility index (Phi) is 3.12. The van der Waals surface area contributed by atoms with Crippen molar-refractivity contribution < 1.29 is 9.15 Å². The van der Waals surface area contributed by atoms with Gasteiger partial charge in [-0.1, -0.05) is 29.5 Å². The molecular weight excluding hydrogens is 300 g/mol. The molecular formula is C15H12N4O2S. The maximum Gasteiger partial charge on any atom is 0.235 e. The standard InChI is InChI=1S/C15H12N4O2S/c1-10(21-11-6-3-2-4-7-11)14-18-19-13(12-8-5-9-20-12)16-17-15(19)22-14/h2-10H,1H3. The van der Waals surface area contributed by atoms with Crippen LogP contribution < -0.4 is 4.74 Å². The van der Waals surface area contributed by atoms with Crippen LogP contribution in [0.4, 0.5) is 0 Å². The van der Waals surface area contributed by atoms with Crippen LogP contribution in [0.15, 0.2) is 53.1 Å². The molecule has 0 N–H and O–H groups in total. The van der Waals surface area contributed by atoms with Crippen molar-refractivity contribution in [1.82, 2.24) is 19.8 Å². The minimum absolute atomic E-state index is 0.168. The van der Waals surface area contributed by atoms with Crippen molar-refractivity contribution in [3.05, 3.63) is 53.7 Å². The third-order valence-electron chi connectivity index (χ3n) is 3.15. The van der Waals surface area contributed by atoms with E-state index in [0.717, 1.165) is 10.8 Å². The van der Waals surface area contributed by atoms with Gasteiger partial charge in [0.1, 0.15) is 11.9 Å². The molecule has 0 aliphatic heterocycles. The van der Waals surface area contributed by atoms with Crippen molar-refractivity contribution in [2.24, 2.45) is 0 Å². The van der Waals surface area contributed by atoms with Gasteiger partial charge in [0.05, 0.1) is 6.26 Å². The summed E-state index contributed by atoms with van der Waals surface area (Å²) >= 11 is 1.45. The summed E-state index contributed by atoms with van der Waals surface area (Å²) < 4.78 is 12.9. The average Bonchev–Trinajstić information content (AvgIpc) is 3.24. The van der Waals surface area contributed by atoms with Gasteiger partial charge in [0.15, 0.2) is 10.8 Å². The number of rotatable bonds is 4. The number of hydrogen-bond acceptors (Lipinski definition) is 6. The summed E-state index contributed by atoms with van der Waals surface area (Å²) in [6, 6.07) is 13.3. The van der Waals surface area contributed by atoms with Crippen LogP contribution in [0.3, 0.4) is 0 Å². The first-order chi connectivity index (χ1) is 10.8. The Labute approximate surface area is 130 Å². The maximum absolute atomic E-state index is 5.89. The molecule has 4 aromatic rings. The van der Waals surface area contributed by atoms with Gasteiger partial charge in [-0.05, 0) is 31.2 Å². The summed E-state index contributed by atoms with van der Waals surface area (Å²) in [5.74, 6) is 2.04. The van der Waals surface area contributed by atoms with E-state index in [4.69, 9.17) is 9.15 Å². The lowest BCUT2D eigenvalue weighted by Gasteiger charge is -2.11. The molecule has 0 fully saturated rings. The summed E-state index contributed by atoms with van der Waals surface area (Å²) in [7, 11) is 0. The highest BCUT2D eigenvalue weighted by Gasteiger charge is 2.19. The Morgan fingerprint density at radius 3 is 2.77 bits per heavy atom. The third kappa shape index (κ3) is 2.25. The van der Waals surface area contributed by atoms with E-state index in [0.29, 0.717) is 16.5 Å². The van der Waals surface area contributed by atoms with E-state index in [1.54, 1.807) is 10.8 Å². The van der Waals surface area contributed by atoms with Crippen LogP contribution in [0.1, 0.15) is 18.0 Å². The topological polar surface area (TPSA) is 65.5 Å². The van der Waals surface area contributed by atoms with Gasteiger partial charge in [0, 0.05) is 0 Å². The number of hydrogen-bond donors (Lipinski definition) is 0. The molecule has 110 valence electrons. The summed E-state index contributed by atoms with van der Waals surface area (Å²) in [5.41, 5.74) is 0. The smallest absolute Gasteiger partial charge is 0.235 e. The Bertz CT molecular complexity index is 883. The first-order valence-corrected chi connectivity index (χ1v) is 7.60. The molecule has 6 nitrogen and oxygen atoms in total. The molecule has 1 unspecified atom stereocenters. The van der Waals surface area contributed by atoms with Gasteiger partial charge in [-0.3, -0.25) is 0 Å². The van der Waals surface area contributed by atoms with E-state index >= 15 is 0 Å². The quantitative estimate of drug-likeness (QED) is 0.576. The number of nitrogens with zero attached hydrogens (tertiary/aromatic N) is 4. The highest BCUT2D eigenvalue weighted by molar-refractivity contribution is 7.16. The molecule has 1 aromatic carbocycles. The van der Waals surface area contributed by atoms with E-state index in [1.807, 2.05) is 49.4 Å². The number of fused-ring (bicyclic) bond motifs is 1. The fourth-order valence-corrected chi connectivity index (χ4v) is 2.93. The summed E-state index contributed by atoms with van der Waals surface area (Å²) in [6.45, 7) is 1.96. The largest absolute Gasteiger partial charge is 0.483 e. The average molecular weight is 312 g/mol. The molecule has 0 saturated heterocycles. The molecule has 0 aliphatic carbocycles. The molecule has 1 atom stereocenters. The lowest BCUT2D eigenvalue weighted by atomic mass is 10.3. The fourth-order valence-electron chi connectivity index (χ4n) is 2.11. The van der Waals surface area contributed by atoms with Crippen LogP contribution in [-0.2, 0) is 0 Å². The normalized spacial score (nSPS) is 12.6. The second-order valence-corrected chi connectivity index (χ2v) is 5.70.